The summed E-state index contributed by atoms with van der Waals surface area (Å²) < 4.78 is 63.5. The maximum Gasteiger partial charge on any atom is 0.490 e. The van der Waals surface area contributed by atoms with Crippen molar-refractivity contribution in [2.24, 2.45) is 34.4 Å². The molecule has 516 valence electrons. The SMILES string of the molecule is CCCCCCCCCC(N)=O.CCCCCCCCCC(N)=O.CCCCCCCCCC(N)=O.CCCCCCCCCC(N)=O.CCCCCCCCCC(N)=O.CCCCCCCCCC(N)=O.O=C(O)C(F)(F)F.O=C(O)C(F)(F)F. The second kappa shape index (κ2) is 80.3. The Labute approximate surface area is 517 Å². The van der Waals surface area contributed by atoms with Crippen molar-refractivity contribution in [3.8, 4) is 0 Å². The number of nitrogens with two attached hydrogens (primary N) is 6. The number of amides is 6. The fourth-order valence-electron chi connectivity index (χ4n) is 7.54. The number of rotatable bonds is 48. The average molecular weight is 1260 g/mol. The van der Waals surface area contributed by atoms with E-state index in [2.05, 4.69) is 41.5 Å². The number of carbonyl (C=O) groups excluding carboxylic acids is 6. The third kappa shape index (κ3) is 129. The maximum absolute atomic E-state index is 10.6. The quantitative estimate of drug-likeness (QED) is 0.0210. The zero-order valence-corrected chi connectivity index (χ0v) is 54.8. The van der Waals surface area contributed by atoms with Crippen LogP contribution in [0, 0.1) is 0 Å². The second-order valence-corrected chi connectivity index (χ2v) is 21.6. The lowest BCUT2D eigenvalue weighted by Gasteiger charge is -1.98. The van der Waals surface area contributed by atoms with Crippen LogP contribution >= 0.6 is 0 Å². The summed E-state index contributed by atoms with van der Waals surface area (Å²) in [5.74, 6) is -6.49. The molecule has 0 radical (unpaired) electrons. The monoisotopic (exact) mass is 1250 g/mol. The van der Waals surface area contributed by atoms with Crippen molar-refractivity contribution in [2.75, 3.05) is 0 Å². The van der Waals surface area contributed by atoms with Crippen molar-refractivity contribution in [1.29, 1.82) is 0 Å². The Kier molecular flexibility index (Phi) is 91.2. The normalized spacial score (nSPS) is 10.3. The predicted molar refractivity (Wildman–Crippen MR) is 338 cm³/mol. The summed E-state index contributed by atoms with van der Waals surface area (Å²) in [6, 6.07) is 0. The van der Waals surface area contributed by atoms with E-state index in [9.17, 15) is 55.1 Å². The van der Waals surface area contributed by atoms with Crippen LogP contribution in [0.25, 0.3) is 0 Å². The average Bonchev–Trinajstić information content (AvgIpc) is 3.42. The molecule has 0 atom stereocenters. The minimum absolute atomic E-state index is 0.163. The first-order valence-corrected chi connectivity index (χ1v) is 32.8. The van der Waals surface area contributed by atoms with Crippen molar-refractivity contribution < 1.29 is 74.9 Å². The highest BCUT2D eigenvalue weighted by Gasteiger charge is 2.39. The number of hydrogen-bond donors (Lipinski definition) is 8. The van der Waals surface area contributed by atoms with Crippen LogP contribution in [0.4, 0.5) is 26.3 Å². The fraction of sp³-hybridized carbons (Fsp3) is 0.875. The van der Waals surface area contributed by atoms with E-state index in [1.54, 1.807) is 0 Å². The highest BCUT2D eigenvalue weighted by atomic mass is 19.4. The van der Waals surface area contributed by atoms with Crippen molar-refractivity contribution in [3.63, 3.8) is 0 Å². The van der Waals surface area contributed by atoms with Gasteiger partial charge in [-0.05, 0) is 38.5 Å². The Morgan fingerprint density at radius 3 is 0.372 bits per heavy atom. The number of carboxylic acid groups (broad SMARTS) is 2. The van der Waals surface area contributed by atoms with Crippen LogP contribution in [0.1, 0.15) is 350 Å². The molecule has 0 aliphatic rings. The summed E-state index contributed by atoms with van der Waals surface area (Å²) in [5.41, 5.74) is 30.1. The number of unbranched alkanes of at least 4 members (excludes halogenated alkanes) is 36. The van der Waals surface area contributed by atoms with Crippen LogP contribution in [-0.2, 0) is 38.4 Å². The van der Waals surface area contributed by atoms with Crippen LogP contribution in [-0.4, -0.2) is 69.9 Å². The predicted octanol–water partition coefficient (Wildman–Crippen LogP) is 16.9. The molecule has 0 spiro atoms. The fourth-order valence-corrected chi connectivity index (χ4v) is 7.54. The van der Waals surface area contributed by atoms with Gasteiger partial charge in [-0.1, -0.05) is 273 Å². The number of carbonyl (C=O) groups is 8. The molecule has 0 rings (SSSR count). The van der Waals surface area contributed by atoms with E-state index < -0.39 is 24.3 Å². The molecule has 0 saturated heterocycles. The molecule has 0 aromatic carbocycles. The van der Waals surface area contributed by atoms with Gasteiger partial charge >= 0.3 is 24.3 Å². The number of aliphatic carboxylic acids is 2. The lowest BCUT2D eigenvalue weighted by atomic mass is 10.1. The molecule has 0 heterocycles. The number of halogens is 6. The molecule has 0 fully saturated rings. The number of carboxylic acids is 2. The van der Waals surface area contributed by atoms with E-state index in [0.717, 1.165) is 77.0 Å². The second-order valence-electron chi connectivity index (χ2n) is 21.6. The van der Waals surface area contributed by atoms with Crippen LogP contribution in [0.15, 0.2) is 0 Å². The van der Waals surface area contributed by atoms with Crippen LogP contribution in [0.3, 0.4) is 0 Å². The van der Waals surface area contributed by atoms with Gasteiger partial charge in [0.1, 0.15) is 0 Å². The van der Waals surface area contributed by atoms with Gasteiger partial charge in [0, 0.05) is 38.5 Å². The smallest absolute Gasteiger partial charge is 0.475 e. The molecule has 14 N–H and O–H groups in total. The Morgan fingerprint density at radius 1 is 0.221 bits per heavy atom. The molecule has 0 aliphatic heterocycles. The summed E-state index contributed by atoms with van der Waals surface area (Å²) >= 11 is 0. The van der Waals surface area contributed by atoms with Gasteiger partial charge in [-0.3, -0.25) is 28.8 Å². The summed E-state index contributed by atoms with van der Waals surface area (Å²) in [4.78, 5) is 79.9. The van der Waals surface area contributed by atoms with Gasteiger partial charge in [0.25, 0.3) is 0 Å². The van der Waals surface area contributed by atoms with Gasteiger partial charge in [-0.2, -0.15) is 26.3 Å². The molecule has 86 heavy (non-hydrogen) atoms. The first kappa shape index (κ1) is 97.6. The van der Waals surface area contributed by atoms with Crippen molar-refractivity contribution in [3.05, 3.63) is 0 Å². The van der Waals surface area contributed by atoms with E-state index in [0.29, 0.717) is 38.5 Å². The third-order valence-corrected chi connectivity index (χ3v) is 12.6. The molecular weight excluding hydrogens is 1130 g/mol. The Morgan fingerprint density at radius 2 is 0.302 bits per heavy atom. The first-order chi connectivity index (χ1) is 40.5. The van der Waals surface area contributed by atoms with Gasteiger partial charge in [-0.15, -0.1) is 0 Å². The van der Waals surface area contributed by atoms with Gasteiger partial charge in [0.05, 0.1) is 0 Å². The summed E-state index contributed by atoms with van der Waals surface area (Å²) in [6.07, 6.45) is 45.3. The largest absolute Gasteiger partial charge is 0.490 e. The lowest BCUT2D eigenvalue weighted by molar-refractivity contribution is -0.193. The summed E-state index contributed by atoms with van der Waals surface area (Å²) in [5, 5.41) is 14.2. The summed E-state index contributed by atoms with van der Waals surface area (Å²) in [6.45, 7) is 13.3. The Bertz CT molecular complexity index is 1270. The van der Waals surface area contributed by atoms with E-state index in [4.69, 9.17) is 54.2 Å². The molecule has 6 amide bonds. The highest BCUT2D eigenvalue weighted by Crippen LogP contribution is 2.15. The summed E-state index contributed by atoms with van der Waals surface area (Å²) in [7, 11) is 0. The van der Waals surface area contributed by atoms with Crippen molar-refractivity contribution in [1.82, 2.24) is 0 Å². The van der Waals surface area contributed by atoms with Crippen molar-refractivity contribution in [2.45, 2.75) is 362 Å². The lowest BCUT2D eigenvalue weighted by Crippen LogP contribution is -2.21. The minimum atomic E-state index is -5.08. The number of primary amides is 6. The molecule has 0 aromatic rings. The molecule has 0 bridgehead atoms. The van der Waals surface area contributed by atoms with Gasteiger partial charge in [0.15, 0.2) is 0 Å². The first-order valence-electron chi connectivity index (χ1n) is 32.8. The molecule has 0 saturated carbocycles. The van der Waals surface area contributed by atoms with Crippen LogP contribution < -0.4 is 34.4 Å². The minimum Gasteiger partial charge on any atom is -0.475 e. The topological polar surface area (TPSA) is 333 Å². The maximum atomic E-state index is 10.6. The molecule has 0 aliphatic carbocycles. The van der Waals surface area contributed by atoms with Gasteiger partial charge in [0.2, 0.25) is 35.4 Å². The standard InChI is InChI=1S/6C10H21NO.2C2HF3O2/c6*1-2-3-4-5-6-7-8-9-10(11)12;2*3-2(4,5)1(6)7/h6*2-9H2,1H3,(H2,11,12);2*(H,6,7). The molecule has 22 heteroatoms. The highest BCUT2D eigenvalue weighted by molar-refractivity contribution is 5.75. The Hall–Kier alpha value is -4.66. The van der Waals surface area contributed by atoms with Crippen LogP contribution in [0.5, 0.6) is 0 Å². The van der Waals surface area contributed by atoms with Gasteiger partial charge < -0.3 is 44.6 Å². The number of alkyl halides is 6. The molecule has 0 aromatic heterocycles. The third-order valence-electron chi connectivity index (χ3n) is 12.6. The van der Waals surface area contributed by atoms with E-state index in [-0.39, 0.29) is 35.4 Å². The molecular formula is C64H128F6N6O10. The molecule has 16 nitrogen and oxygen atoms in total. The van der Waals surface area contributed by atoms with Crippen LogP contribution in [0.2, 0.25) is 0 Å². The zero-order valence-electron chi connectivity index (χ0n) is 54.8. The van der Waals surface area contributed by atoms with E-state index in [1.165, 1.54) is 193 Å². The zero-order chi connectivity index (χ0) is 67.6. The van der Waals surface area contributed by atoms with Crippen molar-refractivity contribution >= 4 is 47.4 Å². The van der Waals surface area contributed by atoms with Gasteiger partial charge in [-0.25, -0.2) is 9.59 Å². The Balaban J connectivity index is -0.000000136. The van der Waals surface area contributed by atoms with E-state index in [1.807, 2.05) is 0 Å². The molecule has 0 unspecified atom stereocenters. The number of hydrogen-bond acceptors (Lipinski definition) is 8. The van der Waals surface area contributed by atoms with E-state index >= 15 is 0 Å².